The molecule has 2 aliphatic heterocycles. The highest BCUT2D eigenvalue weighted by atomic mass is 35.5. The van der Waals surface area contributed by atoms with Crippen molar-refractivity contribution in [2.75, 3.05) is 33.2 Å². The average Bonchev–Trinajstić information content (AvgIpc) is 3.49. The van der Waals surface area contributed by atoms with Gasteiger partial charge in [0.1, 0.15) is 5.69 Å². The van der Waals surface area contributed by atoms with E-state index in [9.17, 15) is 14.4 Å². The van der Waals surface area contributed by atoms with E-state index in [1.54, 1.807) is 23.1 Å². The molecule has 0 radical (unpaired) electrons. The molecule has 2 aliphatic rings. The number of fused-ring (bicyclic) bond motifs is 2. The van der Waals surface area contributed by atoms with Gasteiger partial charge >= 0.3 is 6.03 Å². The maximum Gasteiger partial charge on any atom is 0.317 e. The number of likely N-dealkylation sites (N-methyl/N-ethyl adjacent to an activating group) is 1. The Labute approximate surface area is 235 Å². The van der Waals surface area contributed by atoms with Gasteiger partial charge in [0.2, 0.25) is 0 Å². The normalized spacial score (nSPS) is 19.4. The maximum atomic E-state index is 13.2. The summed E-state index contributed by atoms with van der Waals surface area (Å²) in [4.78, 5) is 51.6. The van der Waals surface area contributed by atoms with Crippen LogP contribution in [0.2, 0.25) is 5.02 Å². The predicted octanol–water partition coefficient (Wildman–Crippen LogP) is 3.02. The summed E-state index contributed by atoms with van der Waals surface area (Å²) in [7, 11) is 2.05. The molecular weight excluding hydrogens is 549 g/mol. The third kappa shape index (κ3) is 6.06. The van der Waals surface area contributed by atoms with E-state index >= 15 is 0 Å². The molecule has 4 heterocycles. The van der Waals surface area contributed by atoms with Gasteiger partial charge in [-0.3, -0.25) is 9.59 Å². The monoisotopic (exact) mass is 579 g/mol. The Morgan fingerprint density at radius 2 is 1.95 bits per heavy atom. The molecule has 4 N–H and O–H groups in total. The zero-order valence-corrected chi connectivity index (χ0v) is 23.6. The van der Waals surface area contributed by atoms with Crippen LogP contribution in [0.5, 0.6) is 0 Å². The highest BCUT2D eigenvalue weighted by Gasteiger charge is 2.35. The van der Waals surface area contributed by atoms with Crippen molar-refractivity contribution in [2.45, 2.75) is 38.4 Å². The van der Waals surface area contributed by atoms with Crippen LogP contribution in [0.4, 0.5) is 4.79 Å². The van der Waals surface area contributed by atoms with Crippen LogP contribution in [-0.2, 0) is 13.0 Å². The van der Waals surface area contributed by atoms with Crippen LogP contribution in [0, 0.1) is 0 Å². The second kappa shape index (κ2) is 11.9. The lowest BCUT2D eigenvalue weighted by atomic mass is 9.99. The van der Waals surface area contributed by atoms with E-state index in [-0.39, 0.29) is 42.8 Å². The molecule has 0 bridgehead atoms. The van der Waals surface area contributed by atoms with Crippen molar-refractivity contribution in [1.29, 1.82) is 0 Å². The van der Waals surface area contributed by atoms with Gasteiger partial charge in [0.25, 0.3) is 11.8 Å². The number of likely N-dealkylation sites (tertiary alicyclic amines) is 1. The summed E-state index contributed by atoms with van der Waals surface area (Å²) in [5.74, 6) is -0.569. The number of carbonyl (C=O) groups is 3. The van der Waals surface area contributed by atoms with E-state index in [4.69, 9.17) is 11.6 Å². The average molecular weight is 581 g/mol. The molecule has 13 heteroatoms. The molecule has 0 aliphatic carbocycles. The molecule has 2 atom stereocenters. The van der Waals surface area contributed by atoms with Crippen molar-refractivity contribution < 1.29 is 14.4 Å². The van der Waals surface area contributed by atoms with Gasteiger partial charge in [-0.2, -0.15) is 0 Å². The Morgan fingerprint density at radius 3 is 2.74 bits per heavy atom. The molecular formula is C25H31Cl2N7O3S. The van der Waals surface area contributed by atoms with Crippen LogP contribution < -0.4 is 16.0 Å². The number of rotatable bonds is 5. The van der Waals surface area contributed by atoms with Crippen molar-refractivity contribution in [3.05, 3.63) is 50.6 Å². The number of H-pyrrole nitrogens is 1. The molecule has 38 heavy (non-hydrogen) atoms. The second-order valence-corrected chi connectivity index (χ2v) is 11.0. The van der Waals surface area contributed by atoms with Gasteiger partial charge in [-0.05, 0) is 44.7 Å². The fraction of sp³-hybridized carbons (Fsp3) is 0.440. The van der Waals surface area contributed by atoms with E-state index in [2.05, 4.69) is 37.9 Å². The number of benzene rings is 1. The first kappa shape index (κ1) is 28.2. The molecule has 10 nitrogen and oxygen atoms in total. The molecule has 1 aromatic carbocycles. The Kier molecular flexibility index (Phi) is 8.81. The second-order valence-electron chi connectivity index (χ2n) is 9.52. The summed E-state index contributed by atoms with van der Waals surface area (Å²) in [6.07, 6.45) is 1.32. The molecule has 1 fully saturated rings. The quantitative estimate of drug-likeness (QED) is 0.370. The number of nitrogens with zero attached hydrogens (tertiary/aromatic N) is 3. The van der Waals surface area contributed by atoms with Crippen LogP contribution in [0.1, 0.15) is 44.2 Å². The van der Waals surface area contributed by atoms with Crippen molar-refractivity contribution in [3.8, 4) is 0 Å². The van der Waals surface area contributed by atoms with E-state index in [0.29, 0.717) is 35.2 Å². The maximum absolute atomic E-state index is 13.2. The Bertz CT molecular complexity index is 1340. The lowest BCUT2D eigenvalue weighted by Crippen LogP contribution is -2.62. The van der Waals surface area contributed by atoms with Crippen LogP contribution in [-0.4, -0.2) is 82.9 Å². The predicted molar refractivity (Wildman–Crippen MR) is 150 cm³/mol. The fourth-order valence-electron chi connectivity index (χ4n) is 4.84. The van der Waals surface area contributed by atoms with Gasteiger partial charge in [0.15, 0.2) is 5.01 Å². The zero-order chi connectivity index (χ0) is 26.1. The molecule has 3 aromatic rings. The lowest BCUT2D eigenvalue weighted by Gasteiger charge is -2.39. The number of hydrogen-bond donors (Lipinski definition) is 4. The minimum atomic E-state index is -0.477. The first-order chi connectivity index (χ1) is 17.8. The minimum Gasteiger partial charge on any atom is -0.351 e. The SMILES string of the molecule is CCNC(=O)N1CC[C@H](NC(=O)c2cc3cc(Cl)ccc3[nH]2)[C@H](NC(=O)c2nc3c(s2)CN(C)CC3)C1.Cl. The molecule has 1 saturated heterocycles. The number of thiazole rings is 1. The first-order valence-electron chi connectivity index (χ1n) is 12.4. The number of amides is 4. The molecule has 4 amide bonds. The van der Waals surface area contributed by atoms with Crippen LogP contribution >= 0.6 is 35.3 Å². The molecule has 0 unspecified atom stereocenters. The highest BCUT2D eigenvalue weighted by molar-refractivity contribution is 7.13. The number of aromatic nitrogens is 2. The van der Waals surface area contributed by atoms with Gasteiger partial charge < -0.3 is 30.7 Å². The summed E-state index contributed by atoms with van der Waals surface area (Å²) in [6, 6.07) is 6.11. The number of hydrogen-bond acceptors (Lipinski definition) is 6. The summed E-state index contributed by atoms with van der Waals surface area (Å²) in [5.41, 5.74) is 2.19. The van der Waals surface area contributed by atoms with Gasteiger partial charge in [-0.25, -0.2) is 9.78 Å². The molecule has 0 spiro atoms. The zero-order valence-electron chi connectivity index (χ0n) is 21.2. The van der Waals surface area contributed by atoms with Gasteiger partial charge in [0, 0.05) is 59.9 Å². The first-order valence-corrected chi connectivity index (χ1v) is 13.6. The number of urea groups is 1. The summed E-state index contributed by atoms with van der Waals surface area (Å²) < 4.78 is 0. The summed E-state index contributed by atoms with van der Waals surface area (Å²) in [5, 5.41) is 10.8. The number of carbonyl (C=O) groups excluding carboxylic acids is 3. The number of nitrogens with one attached hydrogen (secondary N) is 4. The van der Waals surface area contributed by atoms with Gasteiger partial charge in [-0.15, -0.1) is 23.7 Å². The Hall–Kier alpha value is -2.86. The van der Waals surface area contributed by atoms with Crippen LogP contribution in [0.25, 0.3) is 10.9 Å². The summed E-state index contributed by atoms with van der Waals surface area (Å²) >= 11 is 7.49. The fourth-order valence-corrected chi connectivity index (χ4v) is 6.11. The van der Waals surface area contributed by atoms with E-state index in [1.807, 2.05) is 13.0 Å². The smallest absolute Gasteiger partial charge is 0.317 e. The minimum absolute atomic E-state index is 0. The number of halogens is 2. The lowest BCUT2D eigenvalue weighted by molar-refractivity contribution is 0.0826. The standard InChI is InChI=1S/C25H30ClN7O3S.ClH/c1-3-27-25(36)33-9-7-17(29-22(34)19-11-14-10-15(26)4-5-16(14)28-19)20(12-33)30-23(35)24-31-18-6-8-32(2)13-21(18)37-24;/h4-5,10-11,17,20,28H,3,6-9,12-13H2,1-2H3,(H,27,36)(H,29,34)(H,30,35);1H/t17-,20+;/m0./s1. The molecule has 0 saturated carbocycles. The van der Waals surface area contributed by atoms with E-state index in [1.165, 1.54) is 11.3 Å². The van der Waals surface area contributed by atoms with Crippen molar-refractivity contribution in [3.63, 3.8) is 0 Å². The van der Waals surface area contributed by atoms with Crippen LogP contribution in [0.15, 0.2) is 24.3 Å². The van der Waals surface area contributed by atoms with Gasteiger partial charge in [-0.1, -0.05) is 11.6 Å². The van der Waals surface area contributed by atoms with E-state index < -0.39 is 6.04 Å². The molecule has 5 rings (SSSR count). The topological polar surface area (TPSA) is 122 Å². The summed E-state index contributed by atoms with van der Waals surface area (Å²) in [6.45, 7) is 4.80. The molecule has 2 aromatic heterocycles. The van der Waals surface area contributed by atoms with Gasteiger partial charge in [0.05, 0.1) is 17.8 Å². The third-order valence-electron chi connectivity index (χ3n) is 6.80. The Balaban J connectivity index is 0.00000336. The largest absolute Gasteiger partial charge is 0.351 e. The van der Waals surface area contributed by atoms with Crippen molar-refractivity contribution in [2.24, 2.45) is 0 Å². The van der Waals surface area contributed by atoms with Crippen molar-refractivity contribution >= 4 is 64.1 Å². The highest BCUT2D eigenvalue weighted by Crippen LogP contribution is 2.25. The third-order valence-corrected chi connectivity index (χ3v) is 8.12. The number of piperidine rings is 1. The van der Waals surface area contributed by atoms with Crippen molar-refractivity contribution in [1.82, 2.24) is 35.7 Å². The van der Waals surface area contributed by atoms with Crippen LogP contribution in [0.3, 0.4) is 0 Å². The van der Waals surface area contributed by atoms with E-state index in [0.717, 1.165) is 41.0 Å². The molecule has 204 valence electrons. The Morgan fingerprint density at radius 1 is 1.16 bits per heavy atom. The number of aromatic amines is 1.